The molecule has 0 unspecified atom stereocenters. The maximum absolute atomic E-state index is 4.67. The largest absolute Gasteiger partial charge is 0.352 e. The van der Waals surface area contributed by atoms with Crippen molar-refractivity contribution in [2.24, 2.45) is 14.1 Å². The van der Waals surface area contributed by atoms with Gasteiger partial charge >= 0.3 is 0 Å². The van der Waals surface area contributed by atoms with E-state index < -0.39 is 0 Å². The molecule has 0 spiro atoms. The second-order valence-electron chi connectivity index (χ2n) is 10.0. The van der Waals surface area contributed by atoms with Crippen molar-refractivity contribution in [3.05, 3.63) is 103 Å². The van der Waals surface area contributed by atoms with Gasteiger partial charge in [-0.3, -0.25) is 9.55 Å². The van der Waals surface area contributed by atoms with Crippen LogP contribution in [0.1, 0.15) is 0 Å². The fourth-order valence-electron chi connectivity index (χ4n) is 5.87. The molecular weight excluding hydrogens is 500 g/mol. The van der Waals surface area contributed by atoms with Gasteiger partial charge in [-0.2, -0.15) is 0 Å². The molecule has 7 aromatic rings. The summed E-state index contributed by atoms with van der Waals surface area (Å²) in [6.07, 6.45) is 4.21. The normalized spacial score (nSPS) is 12.5. The molecule has 0 atom stereocenters. The van der Waals surface area contributed by atoms with Gasteiger partial charge in [0.25, 0.3) is 5.65 Å². The quantitative estimate of drug-likeness (QED) is 0.231. The lowest BCUT2D eigenvalue weighted by atomic mass is 10.0. The van der Waals surface area contributed by atoms with Gasteiger partial charge in [0.15, 0.2) is 11.8 Å². The van der Waals surface area contributed by atoms with Gasteiger partial charge in [-0.15, -0.1) is 11.3 Å². The van der Waals surface area contributed by atoms with Gasteiger partial charge in [-0.1, -0.05) is 42.5 Å². The molecule has 1 aliphatic heterocycles. The number of thiazole rings is 1. The fraction of sp³-hybridized carbons (Fsp3) is 0.0625. The Labute approximate surface area is 229 Å². The van der Waals surface area contributed by atoms with E-state index in [9.17, 15) is 0 Å². The molecule has 3 aromatic heterocycles. The lowest BCUT2D eigenvalue weighted by molar-refractivity contribution is -0.647. The fourth-order valence-corrected chi connectivity index (χ4v) is 6.58. The number of aromatic nitrogens is 4. The third kappa shape index (κ3) is 3.33. The molecule has 0 fully saturated rings. The Bertz CT molecular complexity index is 2050. The van der Waals surface area contributed by atoms with Crippen LogP contribution in [0.4, 0.5) is 28.4 Å². The van der Waals surface area contributed by atoms with E-state index in [1.807, 2.05) is 11.8 Å². The molecule has 0 radical (unpaired) electrons. The molecule has 4 aromatic carbocycles. The first-order valence-electron chi connectivity index (χ1n) is 12.9. The number of H-pyrrole nitrogens is 1. The van der Waals surface area contributed by atoms with E-state index in [0.29, 0.717) is 0 Å². The number of hydrogen-bond donors (Lipinski definition) is 2. The number of anilines is 5. The van der Waals surface area contributed by atoms with Gasteiger partial charge in [-0.05, 0) is 53.6 Å². The Morgan fingerprint density at radius 1 is 0.821 bits per heavy atom. The highest BCUT2D eigenvalue weighted by Gasteiger charge is 2.26. The highest BCUT2D eigenvalue weighted by atomic mass is 32.1. The molecule has 2 N–H and O–H groups in total. The maximum atomic E-state index is 4.67. The van der Waals surface area contributed by atoms with Crippen LogP contribution in [0, 0.1) is 0 Å². The van der Waals surface area contributed by atoms with Gasteiger partial charge < -0.3 is 10.2 Å². The van der Waals surface area contributed by atoms with Crippen molar-refractivity contribution < 1.29 is 4.57 Å². The number of benzene rings is 4. The van der Waals surface area contributed by atoms with E-state index in [1.54, 1.807) is 11.3 Å². The van der Waals surface area contributed by atoms with Crippen molar-refractivity contribution in [1.82, 2.24) is 14.5 Å². The maximum Gasteiger partial charge on any atom is 0.268 e. The number of para-hydroxylation sites is 3. The average Bonchev–Trinajstić information content (AvgIpc) is 3.69. The lowest BCUT2D eigenvalue weighted by Gasteiger charge is -2.34. The Kier molecular flexibility index (Phi) is 4.72. The number of nitrogens with zero attached hydrogens (tertiary/aromatic N) is 4. The molecule has 7 heteroatoms. The molecule has 39 heavy (non-hydrogen) atoms. The molecule has 8 rings (SSSR count). The van der Waals surface area contributed by atoms with Crippen LogP contribution >= 0.6 is 11.3 Å². The summed E-state index contributed by atoms with van der Waals surface area (Å²) in [5, 5.41) is 3.66. The van der Waals surface area contributed by atoms with Crippen LogP contribution in [0.25, 0.3) is 43.6 Å². The van der Waals surface area contributed by atoms with Crippen molar-refractivity contribution in [1.29, 1.82) is 0 Å². The van der Waals surface area contributed by atoms with Crippen molar-refractivity contribution >= 4 is 61.2 Å². The van der Waals surface area contributed by atoms with Gasteiger partial charge in [0, 0.05) is 11.3 Å². The van der Waals surface area contributed by atoms with Gasteiger partial charge in [0.2, 0.25) is 0 Å². The van der Waals surface area contributed by atoms with E-state index in [2.05, 4.69) is 135 Å². The van der Waals surface area contributed by atoms with Crippen LogP contribution < -0.4 is 14.8 Å². The first-order valence-corrected chi connectivity index (χ1v) is 13.8. The zero-order chi connectivity index (χ0) is 26.1. The standard InChI is InChI=1S/C32H24N6S/c1-36-17-24(31-32(36)37(2)18-33-31)21-13-14-26-28(16-21)38(27-11-4-3-10-25(27)35-26)22-8-5-7-20(15-22)23-9-6-12-29-30(23)34-19-39-29/h3-19,35H,1-2H3/p+1. The zero-order valence-corrected chi connectivity index (χ0v) is 22.3. The highest BCUT2D eigenvalue weighted by molar-refractivity contribution is 7.16. The number of aryl methyl sites for hydroxylation is 2. The van der Waals surface area contributed by atoms with Crippen LogP contribution in [-0.2, 0) is 14.1 Å². The van der Waals surface area contributed by atoms with Crippen LogP contribution in [-0.4, -0.2) is 14.5 Å². The monoisotopic (exact) mass is 525 g/mol. The topological polar surface area (TPSA) is 52.8 Å². The molecule has 188 valence electrons. The number of imidazole rings is 1. The molecular formula is C32H25N6S+. The number of hydrogen-bond acceptors (Lipinski definition) is 4. The third-order valence-electron chi connectivity index (χ3n) is 7.63. The summed E-state index contributed by atoms with van der Waals surface area (Å²) in [5.41, 5.74) is 15.4. The first-order chi connectivity index (χ1) is 19.2. The Morgan fingerprint density at radius 2 is 1.67 bits per heavy atom. The van der Waals surface area contributed by atoms with Gasteiger partial charge in [0.05, 0.1) is 64.3 Å². The third-order valence-corrected chi connectivity index (χ3v) is 8.42. The highest BCUT2D eigenvalue weighted by Crippen LogP contribution is 2.49. The summed E-state index contributed by atoms with van der Waals surface area (Å²) in [4.78, 5) is 10.5. The molecule has 6 nitrogen and oxygen atoms in total. The van der Waals surface area contributed by atoms with Crippen LogP contribution in [0.15, 0.2) is 103 Å². The van der Waals surface area contributed by atoms with Crippen molar-refractivity contribution in [2.45, 2.75) is 0 Å². The van der Waals surface area contributed by atoms with E-state index in [-0.39, 0.29) is 0 Å². The summed E-state index contributed by atoms with van der Waals surface area (Å²) < 4.78 is 5.50. The summed E-state index contributed by atoms with van der Waals surface area (Å²) >= 11 is 1.68. The molecule has 0 saturated carbocycles. The average molecular weight is 526 g/mol. The minimum absolute atomic E-state index is 1.05. The summed E-state index contributed by atoms with van der Waals surface area (Å²) in [6.45, 7) is 0. The number of fused-ring (bicyclic) bond motifs is 4. The Balaban J connectivity index is 1.32. The second-order valence-corrected chi connectivity index (χ2v) is 10.9. The number of nitrogens with one attached hydrogen (secondary N) is 2. The Morgan fingerprint density at radius 3 is 2.62 bits per heavy atom. The zero-order valence-electron chi connectivity index (χ0n) is 21.5. The molecule has 1 aliphatic rings. The smallest absolute Gasteiger partial charge is 0.268 e. The first kappa shape index (κ1) is 22.1. The van der Waals surface area contributed by atoms with Crippen LogP contribution in [0.2, 0.25) is 0 Å². The second kappa shape index (κ2) is 8.31. The van der Waals surface area contributed by atoms with Crippen molar-refractivity contribution in [3.63, 3.8) is 0 Å². The summed E-state index contributed by atoms with van der Waals surface area (Å²) in [6, 6.07) is 30.4. The van der Waals surface area contributed by atoms with Crippen LogP contribution in [0.3, 0.4) is 0 Å². The number of aromatic amines is 1. The molecule has 0 saturated heterocycles. The van der Waals surface area contributed by atoms with Crippen LogP contribution in [0.5, 0.6) is 0 Å². The minimum atomic E-state index is 1.05. The van der Waals surface area contributed by atoms with Crippen molar-refractivity contribution in [2.75, 3.05) is 10.2 Å². The molecule has 0 amide bonds. The van der Waals surface area contributed by atoms with Gasteiger partial charge in [-0.25, -0.2) is 9.55 Å². The minimum Gasteiger partial charge on any atom is -0.352 e. The van der Waals surface area contributed by atoms with E-state index in [0.717, 1.165) is 61.8 Å². The Hall–Kier alpha value is -4.88. The lowest BCUT2D eigenvalue weighted by Crippen LogP contribution is -2.26. The molecule has 0 aliphatic carbocycles. The predicted molar refractivity (Wildman–Crippen MR) is 160 cm³/mol. The van der Waals surface area contributed by atoms with Crippen molar-refractivity contribution in [3.8, 4) is 22.3 Å². The summed E-state index contributed by atoms with van der Waals surface area (Å²) in [7, 11) is 4.16. The molecule has 4 heterocycles. The van der Waals surface area contributed by atoms with E-state index in [1.165, 1.54) is 10.3 Å². The van der Waals surface area contributed by atoms with Gasteiger partial charge in [0.1, 0.15) is 0 Å². The van der Waals surface area contributed by atoms with E-state index >= 15 is 0 Å². The molecule has 0 bridgehead atoms. The van der Waals surface area contributed by atoms with E-state index in [4.69, 9.17) is 0 Å². The predicted octanol–water partition coefficient (Wildman–Crippen LogP) is 7.80. The summed E-state index contributed by atoms with van der Waals surface area (Å²) in [5.74, 6) is 0. The number of rotatable bonds is 3. The SMILES string of the molecule is Cn1cc(-c2ccc3c(c2)N(c2cccc(-c4cccc5scnc45)c2)c2ccccc2N3)c2[nH]c[n+](C)c21.